The van der Waals surface area contributed by atoms with Gasteiger partial charge in [-0.1, -0.05) is 30.3 Å². The summed E-state index contributed by atoms with van der Waals surface area (Å²) in [6, 6.07) is 17.3. The number of nitrogens with one attached hydrogen (secondary N) is 2. The number of anilines is 2. The summed E-state index contributed by atoms with van der Waals surface area (Å²) in [6.45, 7) is 2.91. The van der Waals surface area contributed by atoms with Crippen molar-refractivity contribution in [3.8, 4) is 5.75 Å². The molecule has 0 aliphatic carbocycles. The smallest absolute Gasteiger partial charge is 0.268 e. The van der Waals surface area contributed by atoms with Crippen LogP contribution < -0.4 is 19.1 Å². The third-order valence-electron chi connectivity index (χ3n) is 5.28. The number of hydrogen-bond donors (Lipinski definition) is 2. The molecule has 0 heterocycles. The number of nitrogens with zero attached hydrogens (tertiary/aromatic N) is 1. The van der Waals surface area contributed by atoms with E-state index >= 15 is 0 Å². The van der Waals surface area contributed by atoms with E-state index in [4.69, 9.17) is 4.74 Å². The lowest BCUT2D eigenvalue weighted by molar-refractivity contribution is -0.114. The van der Waals surface area contributed by atoms with Crippen LogP contribution in [0.15, 0.2) is 76.5 Å². The predicted molar refractivity (Wildman–Crippen MR) is 135 cm³/mol. The first-order chi connectivity index (χ1) is 16.5. The number of benzene rings is 3. The lowest BCUT2D eigenvalue weighted by Gasteiger charge is -2.25. The molecule has 0 saturated heterocycles. The van der Waals surface area contributed by atoms with E-state index in [1.165, 1.54) is 32.4 Å². The molecule has 0 bridgehead atoms. The van der Waals surface area contributed by atoms with Crippen LogP contribution in [-0.2, 0) is 24.8 Å². The van der Waals surface area contributed by atoms with Crippen molar-refractivity contribution in [3.63, 3.8) is 0 Å². The highest BCUT2D eigenvalue weighted by Gasteiger charge is 2.30. The van der Waals surface area contributed by atoms with Gasteiger partial charge in [0.25, 0.3) is 10.0 Å². The standard InChI is InChI=1S/C24H27N3O6S2/c1-17-10-13-22(33-4)23(14-17)35(31,32)27(19-8-6-5-7-9-19)16-24(28)26-21-15-20(12-11-18(21)2)34(29,30)25-3/h5-15,25H,16H2,1-4H3,(H,26,28). The highest BCUT2D eigenvalue weighted by Crippen LogP contribution is 2.31. The monoisotopic (exact) mass is 517 g/mol. The Morgan fingerprint density at radius 2 is 1.63 bits per heavy atom. The minimum Gasteiger partial charge on any atom is -0.495 e. The maximum atomic E-state index is 13.7. The topological polar surface area (TPSA) is 122 Å². The second-order valence-electron chi connectivity index (χ2n) is 7.73. The molecule has 0 spiro atoms. The molecule has 3 aromatic rings. The first-order valence-corrected chi connectivity index (χ1v) is 13.5. The molecule has 0 unspecified atom stereocenters. The normalized spacial score (nSPS) is 11.7. The molecule has 186 valence electrons. The van der Waals surface area contributed by atoms with Crippen molar-refractivity contribution in [3.05, 3.63) is 77.9 Å². The maximum absolute atomic E-state index is 13.7. The van der Waals surface area contributed by atoms with Gasteiger partial charge in [-0.3, -0.25) is 9.10 Å². The molecule has 0 radical (unpaired) electrons. The van der Waals surface area contributed by atoms with E-state index in [9.17, 15) is 21.6 Å². The predicted octanol–water partition coefficient (Wildman–Crippen LogP) is 3.05. The third kappa shape index (κ3) is 5.81. The van der Waals surface area contributed by atoms with Gasteiger partial charge in [0.15, 0.2) is 0 Å². The Balaban J connectivity index is 2.00. The Hall–Kier alpha value is -3.41. The van der Waals surface area contributed by atoms with E-state index in [1.807, 2.05) is 0 Å². The van der Waals surface area contributed by atoms with E-state index in [-0.39, 0.29) is 26.9 Å². The summed E-state index contributed by atoms with van der Waals surface area (Å²) in [6.07, 6.45) is 0. The number of sulfonamides is 2. The Morgan fingerprint density at radius 1 is 0.943 bits per heavy atom. The molecule has 0 aliphatic rings. The summed E-state index contributed by atoms with van der Waals surface area (Å²) in [5.74, 6) is -0.496. The summed E-state index contributed by atoms with van der Waals surface area (Å²) in [5.41, 5.74) is 1.86. The van der Waals surface area contributed by atoms with Crippen LogP contribution in [0.1, 0.15) is 11.1 Å². The van der Waals surface area contributed by atoms with Gasteiger partial charge >= 0.3 is 0 Å². The molecule has 3 aromatic carbocycles. The van der Waals surface area contributed by atoms with E-state index in [2.05, 4.69) is 10.0 Å². The Morgan fingerprint density at radius 3 is 2.26 bits per heavy atom. The van der Waals surface area contributed by atoms with Crippen molar-refractivity contribution in [1.82, 2.24) is 4.72 Å². The van der Waals surface area contributed by atoms with E-state index in [0.29, 0.717) is 11.1 Å². The molecule has 9 nitrogen and oxygen atoms in total. The fourth-order valence-electron chi connectivity index (χ4n) is 3.35. The number of aryl methyl sites for hydroxylation is 2. The number of para-hydroxylation sites is 1. The van der Waals surface area contributed by atoms with Crippen molar-refractivity contribution in [2.75, 3.05) is 30.3 Å². The van der Waals surface area contributed by atoms with Crippen LogP contribution in [0, 0.1) is 13.8 Å². The lowest BCUT2D eigenvalue weighted by atomic mass is 10.2. The maximum Gasteiger partial charge on any atom is 0.268 e. The van der Waals surface area contributed by atoms with Gasteiger partial charge in [-0.2, -0.15) is 0 Å². The number of carbonyl (C=O) groups excluding carboxylic acids is 1. The molecule has 2 N–H and O–H groups in total. The largest absolute Gasteiger partial charge is 0.495 e. The van der Waals surface area contributed by atoms with Gasteiger partial charge in [-0.25, -0.2) is 21.6 Å². The molecule has 0 atom stereocenters. The minimum atomic E-state index is -4.21. The molecule has 0 fully saturated rings. The summed E-state index contributed by atoms with van der Waals surface area (Å²) in [7, 11) is -5.28. The summed E-state index contributed by atoms with van der Waals surface area (Å²) >= 11 is 0. The first-order valence-electron chi connectivity index (χ1n) is 10.6. The van der Waals surface area contributed by atoms with E-state index in [1.54, 1.807) is 62.4 Å². The SMILES string of the molecule is CNS(=O)(=O)c1ccc(C)c(NC(=O)CN(c2ccccc2)S(=O)(=O)c2cc(C)ccc2OC)c1. The Kier molecular flexibility index (Phi) is 7.83. The average molecular weight is 518 g/mol. The molecule has 1 amide bonds. The number of methoxy groups -OCH3 is 1. The summed E-state index contributed by atoms with van der Waals surface area (Å²) in [4.78, 5) is 13.0. The van der Waals surface area contributed by atoms with Crippen molar-refractivity contribution in [1.29, 1.82) is 0 Å². The fourth-order valence-corrected chi connectivity index (χ4v) is 5.77. The van der Waals surface area contributed by atoms with Gasteiger partial charge < -0.3 is 10.1 Å². The molecule has 3 rings (SSSR count). The zero-order valence-electron chi connectivity index (χ0n) is 19.8. The van der Waals surface area contributed by atoms with Gasteiger partial charge in [0, 0.05) is 5.69 Å². The van der Waals surface area contributed by atoms with Gasteiger partial charge in [-0.15, -0.1) is 0 Å². The average Bonchev–Trinajstić information content (AvgIpc) is 2.84. The summed E-state index contributed by atoms with van der Waals surface area (Å²) < 4.78 is 60.3. The number of ether oxygens (including phenoxy) is 1. The molecule has 11 heteroatoms. The van der Waals surface area contributed by atoms with Crippen molar-refractivity contribution < 1.29 is 26.4 Å². The minimum absolute atomic E-state index is 0.0297. The zero-order valence-corrected chi connectivity index (χ0v) is 21.4. The molecule has 0 aliphatic heterocycles. The zero-order chi connectivity index (χ0) is 25.8. The van der Waals surface area contributed by atoms with Crippen molar-refractivity contribution in [2.24, 2.45) is 0 Å². The molecule has 0 saturated carbocycles. The van der Waals surface area contributed by atoms with E-state index in [0.717, 1.165) is 4.31 Å². The number of amides is 1. The van der Waals surface area contributed by atoms with Gasteiger partial charge in [-0.05, 0) is 68.4 Å². The van der Waals surface area contributed by atoms with Crippen LogP contribution in [0.2, 0.25) is 0 Å². The first kappa shape index (κ1) is 26.2. The lowest BCUT2D eigenvalue weighted by Crippen LogP contribution is -2.38. The molecule has 35 heavy (non-hydrogen) atoms. The van der Waals surface area contributed by atoms with Gasteiger partial charge in [0.05, 0.1) is 17.7 Å². The van der Waals surface area contributed by atoms with Crippen LogP contribution in [0.5, 0.6) is 5.75 Å². The number of hydrogen-bond acceptors (Lipinski definition) is 6. The highest BCUT2D eigenvalue weighted by atomic mass is 32.2. The molecular weight excluding hydrogens is 490 g/mol. The molecule has 0 aromatic heterocycles. The fraction of sp³-hybridized carbons (Fsp3) is 0.208. The van der Waals surface area contributed by atoms with Gasteiger partial charge in [0.2, 0.25) is 15.9 Å². The van der Waals surface area contributed by atoms with Crippen molar-refractivity contribution in [2.45, 2.75) is 23.6 Å². The van der Waals surface area contributed by atoms with Crippen LogP contribution in [0.3, 0.4) is 0 Å². The summed E-state index contributed by atoms with van der Waals surface area (Å²) in [5, 5.41) is 2.64. The van der Waals surface area contributed by atoms with Crippen LogP contribution in [0.4, 0.5) is 11.4 Å². The van der Waals surface area contributed by atoms with Crippen molar-refractivity contribution >= 4 is 37.3 Å². The van der Waals surface area contributed by atoms with E-state index < -0.39 is 32.5 Å². The third-order valence-corrected chi connectivity index (χ3v) is 8.49. The second-order valence-corrected chi connectivity index (χ2v) is 11.5. The van der Waals surface area contributed by atoms with Gasteiger partial charge in [0.1, 0.15) is 17.2 Å². The quantitative estimate of drug-likeness (QED) is 0.450. The Bertz CT molecular complexity index is 1440. The number of rotatable bonds is 9. The van der Waals surface area contributed by atoms with Crippen LogP contribution in [-0.4, -0.2) is 43.4 Å². The van der Waals surface area contributed by atoms with Crippen LogP contribution >= 0.6 is 0 Å². The Labute approximate surface area is 205 Å². The second kappa shape index (κ2) is 10.5. The highest BCUT2D eigenvalue weighted by molar-refractivity contribution is 7.93. The number of carbonyl (C=O) groups is 1. The van der Waals surface area contributed by atoms with Crippen LogP contribution in [0.25, 0.3) is 0 Å². The molecular formula is C24H27N3O6S2.